The van der Waals surface area contributed by atoms with Gasteiger partial charge in [0.2, 0.25) is 0 Å². The van der Waals surface area contributed by atoms with Gasteiger partial charge in [-0.3, -0.25) is 0 Å². The van der Waals surface area contributed by atoms with Crippen molar-refractivity contribution in [1.82, 2.24) is 5.32 Å². The van der Waals surface area contributed by atoms with Gasteiger partial charge in [-0.25, -0.2) is 0 Å². The van der Waals surface area contributed by atoms with Crippen molar-refractivity contribution in [2.45, 2.75) is 77.7 Å². The van der Waals surface area contributed by atoms with E-state index in [2.05, 4.69) is 42.0 Å². The molecule has 0 rings (SSSR count). The van der Waals surface area contributed by atoms with Crippen molar-refractivity contribution in [3.05, 3.63) is 0 Å². The van der Waals surface area contributed by atoms with Gasteiger partial charge in [-0.05, 0) is 33.2 Å². The van der Waals surface area contributed by atoms with Crippen molar-refractivity contribution in [2.75, 3.05) is 11.9 Å². The zero-order chi connectivity index (χ0) is 12.3. The van der Waals surface area contributed by atoms with Gasteiger partial charge in [0, 0.05) is 10.9 Å². The van der Waals surface area contributed by atoms with Gasteiger partial charge < -0.3 is 5.32 Å². The van der Waals surface area contributed by atoms with Crippen LogP contribution in [0.25, 0.3) is 0 Å². The molecule has 0 aromatic heterocycles. The summed E-state index contributed by atoms with van der Waals surface area (Å²) in [5.41, 5.74) is 0.326. The van der Waals surface area contributed by atoms with Gasteiger partial charge in [0.1, 0.15) is 0 Å². The molecule has 0 aromatic carbocycles. The fourth-order valence-electron chi connectivity index (χ4n) is 1.93. The van der Waals surface area contributed by atoms with E-state index in [1.54, 1.807) is 0 Å². The summed E-state index contributed by atoms with van der Waals surface area (Å²) in [5.74, 6) is 0. The minimum Gasteiger partial charge on any atom is -0.312 e. The maximum absolute atomic E-state index is 3.63. The molecule has 0 amide bonds. The predicted molar refractivity (Wildman–Crippen MR) is 88.8 cm³/mol. The van der Waals surface area contributed by atoms with Gasteiger partial charge in [-0.1, -0.05) is 61.4 Å². The van der Waals surface area contributed by atoms with Gasteiger partial charge >= 0.3 is 0 Å². The minimum atomic E-state index is 0. The molecule has 106 valence electrons. The van der Waals surface area contributed by atoms with Crippen LogP contribution >= 0.6 is 32.9 Å². The van der Waals surface area contributed by atoms with Crippen LogP contribution in [0.1, 0.15) is 72.1 Å². The Bertz CT molecular complexity index is 149. The van der Waals surface area contributed by atoms with Crippen molar-refractivity contribution in [1.29, 1.82) is 0 Å². The van der Waals surface area contributed by atoms with Crippen molar-refractivity contribution in [2.24, 2.45) is 0 Å². The average molecular weight is 373 g/mol. The third kappa shape index (κ3) is 14.9. The number of unbranched alkanes of at least 4 members (excludes halogenated alkanes) is 5. The molecule has 0 heterocycles. The van der Waals surface area contributed by atoms with Crippen LogP contribution in [0.5, 0.6) is 0 Å². The Kier molecular flexibility index (Phi) is 15.9. The molecule has 0 saturated carbocycles. The molecule has 0 bridgehead atoms. The lowest BCUT2D eigenvalue weighted by Crippen LogP contribution is -2.39. The van der Waals surface area contributed by atoms with E-state index >= 15 is 0 Å². The van der Waals surface area contributed by atoms with Gasteiger partial charge in [-0.2, -0.15) is 0 Å². The van der Waals surface area contributed by atoms with Crippen molar-refractivity contribution in [3.8, 4) is 0 Å². The molecule has 0 aliphatic heterocycles. The summed E-state index contributed by atoms with van der Waals surface area (Å²) in [7, 11) is 0. The Morgan fingerprint density at radius 3 is 2.12 bits per heavy atom. The molecule has 0 aliphatic rings. The average Bonchev–Trinajstić information content (AvgIpc) is 2.23. The first-order chi connectivity index (χ1) is 7.62. The molecule has 17 heavy (non-hydrogen) atoms. The molecule has 0 fully saturated rings. The van der Waals surface area contributed by atoms with E-state index in [0.29, 0.717) is 5.54 Å². The predicted octanol–water partition coefficient (Wildman–Crippen LogP) is 5.47. The van der Waals surface area contributed by atoms with Crippen LogP contribution in [0.15, 0.2) is 0 Å². The second kappa shape index (κ2) is 13.4. The largest absolute Gasteiger partial charge is 0.312 e. The summed E-state index contributed by atoms with van der Waals surface area (Å²) in [4.78, 5) is 0. The lowest BCUT2D eigenvalue weighted by Gasteiger charge is -2.26. The Morgan fingerprint density at radius 1 is 0.941 bits per heavy atom. The smallest absolute Gasteiger partial charge is 0.0125 e. The van der Waals surface area contributed by atoms with Crippen molar-refractivity contribution in [3.63, 3.8) is 0 Å². The maximum atomic E-state index is 3.63. The second-order valence-corrected chi connectivity index (χ2v) is 6.16. The highest BCUT2D eigenvalue weighted by Gasteiger charge is 2.15. The van der Waals surface area contributed by atoms with Crippen LogP contribution in [0, 0.1) is 0 Å². The number of hydrogen-bond acceptors (Lipinski definition) is 1. The zero-order valence-electron chi connectivity index (χ0n) is 11.9. The van der Waals surface area contributed by atoms with Gasteiger partial charge in [0.15, 0.2) is 0 Å². The van der Waals surface area contributed by atoms with Crippen molar-refractivity contribution >= 4 is 32.9 Å². The lowest BCUT2D eigenvalue weighted by molar-refractivity contribution is 0.348. The van der Waals surface area contributed by atoms with Crippen LogP contribution in [-0.2, 0) is 0 Å². The van der Waals surface area contributed by atoms with E-state index in [4.69, 9.17) is 0 Å². The molecule has 1 N–H and O–H groups in total. The molecule has 3 heteroatoms. The van der Waals surface area contributed by atoms with E-state index in [9.17, 15) is 0 Å². The molecule has 0 aliphatic carbocycles. The van der Waals surface area contributed by atoms with E-state index in [-0.39, 0.29) is 17.0 Å². The van der Waals surface area contributed by atoms with Gasteiger partial charge in [-0.15, -0.1) is 17.0 Å². The Labute approximate surface area is 127 Å². The lowest BCUT2D eigenvalue weighted by atomic mass is 9.96. The molecular weight excluding hydrogens is 342 g/mol. The number of rotatable bonds is 11. The normalized spacial score (nSPS) is 11.3. The standard InChI is InChI=1S/C14H30BrN.BrH/c1-4-5-6-7-8-9-11-14(2,3)16-13-10-12-15;/h16H,4-13H2,1-3H3;1H. The third-order valence-corrected chi connectivity index (χ3v) is 3.63. The fraction of sp³-hybridized carbons (Fsp3) is 1.00. The number of alkyl halides is 1. The van der Waals surface area contributed by atoms with Crippen LogP contribution in [0.4, 0.5) is 0 Å². The third-order valence-electron chi connectivity index (χ3n) is 3.07. The summed E-state index contributed by atoms with van der Waals surface area (Å²) in [6.07, 6.45) is 10.9. The first-order valence-corrected chi connectivity index (χ1v) is 8.05. The molecule has 1 nitrogen and oxygen atoms in total. The van der Waals surface area contributed by atoms with E-state index in [1.807, 2.05) is 0 Å². The van der Waals surface area contributed by atoms with E-state index < -0.39 is 0 Å². The van der Waals surface area contributed by atoms with Crippen LogP contribution < -0.4 is 5.32 Å². The van der Waals surface area contributed by atoms with E-state index in [0.717, 1.165) is 11.9 Å². The van der Waals surface area contributed by atoms with Crippen molar-refractivity contribution < 1.29 is 0 Å². The number of hydrogen-bond donors (Lipinski definition) is 1. The number of nitrogens with one attached hydrogen (secondary N) is 1. The molecule has 0 unspecified atom stereocenters. The molecule has 0 saturated heterocycles. The molecule has 0 atom stereocenters. The Morgan fingerprint density at radius 2 is 1.53 bits per heavy atom. The summed E-state index contributed by atoms with van der Waals surface area (Å²) < 4.78 is 0. The summed E-state index contributed by atoms with van der Waals surface area (Å²) in [6.45, 7) is 8.06. The number of halogens is 2. The minimum absolute atomic E-state index is 0. The molecular formula is C14H31Br2N. The fourth-order valence-corrected chi connectivity index (χ4v) is 2.21. The highest BCUT2D eigenvalue weighted by Crippen LogP contribution is 2.15. The topological polar surface area (TPSA) is 12.0 Å². The first kappa shape index (κ1) is 20.2. The van der Waals surface area contributed by atoms with Crippen LogP contribution in [0.2, 0.25) is 0 Å². The summed E-state index contributed by atoms with van der Waals surface area (Å²) in [6, 6.07) is 0. The van der Waals surface area contributed by atoms with Crippen LogP contribution in [0.3, 0.4) is 0 Å². The monoisotopic (exact) mass is 371 g/mol. The SMILES string of the molecule is Br.CCCCCCCCC(C)(C)NCCCBr. The highest BCUT2D eigenvalue weighted by atomic mass is 79.9. The summed E-state index contributed by atoms with van der Waals surface area (Å²) in [5, 5.41) is 4.74. The van der Waals surface area contributed by atoms with Gasteiger partial charge in [0.25, 0.3) is 0 Å². The van der Waals surface area contributed by atoms with E-state index in [1.165, 1.54) is 51.4 Å². The van der Waals surface area contributed by atoms with Crippen LogP contribution in [-0.4, -0.2) is 17.4 Å². The molecule has 0 spiro atoms. The molecule has 0 aromatic rings. The Balaban J connectivity index is 0. The molecule has 0 radical (unpaired) electrons. The van der Waals surface area contributed by atoms with Gasteiger partial charge in [0.05, 0.1) is 0 Å². The Hall–Kier alpha value is 0.920. The quantitative estimate of drug-likeness (QED) is 0.374. The highest BCUT2D eigenvalue weighted by molar-refractivity contribution is 9.09. The first-order valence-electron chi connectivity index (χ1n) is 6.93. The maximum Gasteiger partial charge on any atom is 0.0125 e. The summed E-state index contributed by atoms with van der Waals surface area (Å²) >= 11 is 3.47. The zero-order valence-corrected chi connectivity index (χ0v) is 15.2. The second-order valence-electron chi connectivity index (χ2n) is 5.37.